The van der Waals surface area contributed by atoms with Crippen LogP contribution >= 0.6 is 0 Å². The molecular weight excluding hydrogens is 360 g/mol. The highest BCUT2D eigenvalue weighted by atomic mass is 16.6. The molecule has 0 N–H and O–H groups in total. The van der Waals surface area contributed by atoms with Crippen molar-refractivity contribution < 1.29 is 28.6 Å². The number of hydrogen-bond donors (Lipinski definition) is 0. The quantitative estimate of drug-likeness (QED) is 0.386. The Bertz CT molecular complexity index is 673. The molecule has 0 aromatic carbocycles. The average Bonchev–Trinajstić information content (AvgIpc) is 2.84. The van der Waals surface area contributed by atoms with Crippen molar-refractivity contribution in [2.75, 3.05) is 0 Å². The van der Waals surface area contributed by atoms with Crippen LogP contribution in [0, 0.1) is 5.41 Å². The van der Waals surface area contributed by atoms with E-state index in [1.54, 1.807) is 0 Å². The number of carbonyl (C=O) groups is 3. The van der Waals surface area contributed by atoms with Gasteiger partial charge in [-0.15, -0.1) is 0 Å². The Hall–Kier alpha value is -2.11. The second-order valence-corrected chi connectivity index (χ2v) is 8.26. The van der Waals surface area contributed by atoms with E-state index in [0.717, 1.165) is 18.4 Å². The van der Waals surface area contributed by atoms with Crippen molar-refractivity contribution in [3.8, 4) is 0 Å². The summed E-state index contributed by atoms with van der Waals surface area (Å²) in [6.45, 7) is 8.90. The molecule has 0 radical (unpaired) electrons. The first kappa shape index (κ1) is 22.2. The Morgan fingerprint density at radius 3 is 2.39 bits per heavy atom. The predicted molar refractivity (Wildman–Crippen MR) is 104 cm³/mol. The molecule has 2 rings (SSSR count). The van der Waals surface area contributed by atoms with Crippen LogP contribution in [0.4, 0.5) is 0 Å². The SMILES string of the molecule is CC(=O)OC1CC[C@@H](OC(C)=O)CC12CC(=O)O[C@@H]2/C=C(\C)CCC=C(C)C. The molecule has 1 aliphatic heterocycles. The molecule has 6 nitrogen and oxygen atoms in total. The van der Waals surface area contributed by atoms with Crippen LogP contribution in [0.5, 0.6) is 0 Å². The average molecular weight is 392 g/mol. The molecule has 0 bridgehead atoms. The molecule has 4 atom stereocenters. The summed E-state index contributed by atoms with van der Waals surface area (Å²) in [5.74, 6) is -1.03. The van der Waals surface area contributed by atoms with Gasteiger partial charge in [0, 0.05) is 13.8 Å². The largest absolute Gasteiger partial charge is 0.463 e. The molecule has 2 unspecified atom stereocenters. The van der Waals surface area contributed by atoms with Crippen LogP contribution in [0.3, 0.4) is 0 Å². The van der Waals surface area contributed by atoms with E-state index in [0.29, 0.717) is 19.3 Å². The Morgan fingerprint density at radius 2 is 1.79 bits per heavy atom. The summed E-state index contributed by atoms with van der Waals surface area (Å²) in [4.78, 5) is 35.4. The molecule has 1 heterocycles. The van der Waals surface area contributed by atoms with E-state index in [4.69, 9.17) is 14.2 Å². The van der Waals surface area contributed by atoms with E-state index in [1.165, 1.54) is 19.4 Å². The number of ether oxygens (including phenoxy) is 3. The number of allylic oxidation sites excluding steroid dienone is 3. The standard InChI is InChI=1S/C22H32O6/c1-14(2)7-6-8-15(3)11-20-22(13-21(25)28-20)12-18(26-16(4)23)9-10-19(22)27-17(5)24/h7,11,18-20H,6,8-10,12-13H2,1-5H3/b15-11+/t18-,19?,20-,22?/m1/s1. The maximum absolute atomic E-state index is 12.3. The van der Waals surface area contributed by atoms with Gasteiger partial charge in [0.1, 0.15) is 18.3 Å². The van der Waals surface area contributed by atoms with Gasteiger partial charge in [-0.3, -0.25) is 14.4 Å². The molecule has 1 saturated heterocycles. The normalized spacial score (nSPS) is 30.0. The molecule has 1 aliphatic carbocycles. The summed E-state index contributed by atoms with van der Waals surface area (Å²) in [6, 6.07) is 0. The Balaban J connectivity index is 2.28. The fourth-order valence-corrected chi connectivity index (χ4v) is 4.28. The summed E-state index contributed by atoms with van der Waals surface area (Å²) in [5.41, 5.74) is 1.69. The van der Waals surface area contributed by atoms with E-state index < -0.39 is 17.6 Å². The first-order valence-electron chi connectivity index (χ1n) is 9.97. The molecule has 1 saturated carbocycles. The van der Waals surface area contributed by atoms with Gasteiger partial charge >= 0.3 is 17.9 Å². The third kappa shape index (κ3) is 5.69. The Labute approximate surface area is 167 Å². The van der Waals surface area contributed by atoms with Crippen LogP contribution in [-0.2, 0) is 28.6 Å². The molecule has 28 heavy (non-hydrogen) atoms. The molecule has 0 amide bonds. The van der Waals surface area contributed by atoms with Gasteiger partial charge in [0.05, 0.1) is 11.8 Å². The van der Waals surface area contributed by atoms with Crippen LogP contribution in [0.25, 0.3) is 0 Å². The predicted octanol–water partition coefficient (Wildman–Crippen LogP) is 4.03. The van der Waals surface area contributed by atoms with Gasteiger partial charge < -0.3 is 14.2 Å². The number of esters is 3. The second kappa shape index (κ2) is 9.39. The summed E-state index contributed by atoms with van der Waals surface area (Å²) in [5, 5.41) is 0. The van der Waals surface area contributed by atoms with Gasteiger partial charge in [0.15, 0.2) is 0 Å². The van der Waals surface area contributed by atoms with Crippen molar-refractivity contribution in [3.63, 3.8) is 0 Å². The lowest BCUT2D eigenvalue weighted by Crippen LogP contribution is -2.50. The lowest BCUT2D eigenvalue weighted by atomic mass is 9.66. The van der Waals surface area contributed by atoms with Crippen molar-refractivity contribution in [2.24, 2.45) is 5.41 Å². The van der Waals surface area contributed by atoms with Crippen molar-refractivity contribution in [2.45, 2.75) is 91.5 Å². The van der Waals surface area contributed by atoms with Crippen LogP contribution in [0.1, 0.15) is 73.1 Å². The van der Waals surface area contributed by atoms with E-state index >= 15 is 0 Å². The summed E-state index contributed by atoms with van der Waals surface area (Å²) in [7, 11) is 0. The van der Waals surface area contributed by atoms with E-state index in [1.807, 2.05) is 13.0 Å². The smallest absolute Gasteiger partial charge is 0.307 e. The zero-order chi connectivity index (χ0) is 20.9. The molecule has 6 heteroatoms. The Morgan fingerprint density at radius 1 is 1.11 bits per heavy atom. The van der Waals surface area contributed by atoms with E-state index in [2.05, 4.69) is 19.9 Å². The number of hydrogen-bond acceptors (Lipinski definition) is 6. The van der Waals surface area contributed by atoms with Crippen LogP contribution in [-0.4, -0.2) is 36.2 Å². The van der Waals surface area contributed by atoms with Gasteiger partial charge in [0.2, 0.25) is 0 Å². The highest BCUT2D eigenvalue weighted by Crippen LogP contribution is 2.50. The highest BCUT2D eigenvalue weighted by molar-refractivity contribution is 5.74. The monoisotopic (exact) mass is 392 g/mol. The lowest BCUT2D eigenvalue weighted by Gasteiger charge is -2.44. The van der Waals surface area contributed by atoms with Gasteiger partial charge in [-0.25, -0.2) is 0 Å². The van der Waals surface area contributed by atoms with Crippen LogP contribution in [0.2, 0.25) is 0 Å². The zero-order valence-corrected chi connectivity index (χ0v) is 17.6. The minimum absolute atomic E-state index is 0.158. The molecule has 0 aromatic heterocycles. The van der Waals surface area contributed by atoms with Crippen molar-refractivity contribution in [1.82, 2.24) is 0 Å². The molecular formula is C22H32O6. The van der Waals surface area contributed by atoms with Crippen molar-refractivity contribution in [3.05, 3.63) is 23.3 Å². The van der Waals surface area contributed by atoms with Crippen molar-refractivity contribution >= 4 is 17.9 Å². The lowest BCUT2D eigenvalue weighted by molar-refractivity contribution is -0.172. The third-order valence-corrected chi connectivity index (χ3v) is 5.47. The fourth-order valence-electron chi connectivity index (χ4n) is 4.28. The molecule has 1 spiro atoms. The first-order valence-corrected chi connectivity index (χ1v) is 9.97. The van der Waals surface area contributed by atoms with Gasteiger partial charge in [-0.1, -0.05) is 17.2 Å². The van der Waals surface area contributed by atoms with Gasteiger partial charge in [-0.2, -0.15) is 0 Å². The van der Waals surface area contributed by atoms with Crippen molar-refractivity contribution in [1.29, 1.82) is 0 Å². The zero-order valence-electron chi connectivity index (χ0n) is 17.6. The summed E-state index contributed by atoms with van der Waals surface area (Å²) in [6.07, 6.45) is 6.44. The molecule has 156 valence electrons. The molecule has 2 aliphatic rings. The summed E-state index contributed by atoms with van der Waals surface area (Å²) >= 11 is 0. The Kier molecular flexibility index (Phi) is 7.44. The molecule has 0 aromatic rings. The highest BCUT2D eigenvalue weighted by Gasteiger charge is 2.58. The van der Waals surface area contributed by atoms with Gasteiger partial charge in [-0.05, 0) is 59.0 Å². The second-order valence-electron chi connectivity index (χ2n) is 8.26. The maximum atomic E-state index is 12.3. The topological polar surface area (TPSA) is 78.9 Å². The van der Waals surface area contributed by atoms with Crippen LogP contribution in [0.15, 0.2) is 23.3 Å². The third-order valence-electron chi connectivity index (χ3n) is 5.47. The maximum Gasteiger partial charge on any atom is 0.307 e. The van der Waals surface area contributed by atoms with E-state index in [-0.39, 0.29) is 30.4 Å². The van der Waals surface area contributed by atoms with Crippen LogP contribution < -0.4 is 0 Å². The number of cyclic esters (lactones) is 1. The minimum Gasteiger partial charge on any atom is -0.463 e. The first-order chi connectivity index (χ1) is 13.1. The van der Waals surface area contributed by atoms with E-state index in [9.17, 15) is 14.4 Å². The summed E-state index contributed by atoms with van der Waals surface area (Å²) < 4.78 is 16.7. The number of carbonyl (C=O) groups excluding carboxylic acids is 3. The number of rotatable bonds is 6. The minimum atomic E-state index is -0.696. The van der Waals surface area contributed by atoms with Gasteiger partial charge in [0.25, 0.3) is 0 Å². The fraction of sp³-hybridized carbons (Fsp3) is 0.682. The molecule has 2 fully saturated rings.